The molecule has 6 nitrogen and oxygen atoms in total. The topological polar surface area (TPSA) is 69.9 Å². The summed E-state index contributed by atoms with van der Waals surface area (Å²) in [7, 11) is 0. The summed E-state index contributed by atoms with van der Waals surface area (Å²) < 4.78 is 8.24. The van der Waals surface area contributed by atoms with Crippen LogP contribution in [0.5, 0.6) is 11.5 Å². The van der Waals surface area contributed by atoms with Gasteiger partial charge in [-0.1, -0.05) is 25.4 Å². The second-order valence-electron chi connectivity index (χ2n) is 11.9. The lowest BCUT2D eigenvalue weighted by Gasteiger charge is -2.31. The number of nitriles is 1. The molecule has 0 bridgehead atoms. The van der Waals surface area contributed by atoms with Gasteiger partial charge in [-0.05, 0) is 124 Å². The van der Waals surface area contributed by atoms with E-state index in [2.05, 4.69) is 58.9 Å². The summed E-state index contributed by atoms with van der Waals surface area (Å²) in [6.07, 6.45) is 10.0. The fourth-order valence-electron chi connectivity index (χ4n) is 6.10. The van der Waals surface area contributed by atoms with Gasteiger partial charge in [0.05, 0.1) is 17.3 Å². The molecule has 1 N–H and O–H groups in total. The number of ether oxygens (including phenoxy) is 1. The molecule has 0 unspecified atom stereocenters. The first-order chi connectivity index (χ1) is 21.0. The van der Waals surface area contributed by atoms with E-state index in [1.54, 1.807) is 0 Å². The van der Waals surface area contributed by atoms with Crippen molar-refractivity contribution in [1.29, 1.82) is 5.26 Å². The molecule has 1 aliphatic rings. The van der Waals surface area contributed by atoms with Crippen LogP contribution in [0.3, 0.4) is 0 Å². The predicted octanol–water partition coefficient (Wildman–Crippen LogP) is 9.00. The molecule has 1 fully saturated rings. The van der Waals surface area contributed by atoms with E-state index in [0.29, 0.717) is 16.9 Å². The SMILES string of the molecule is CC(C)c1nc(C2CCN(CCCCc3c[nH]c4ccc(C#N)cc34)CC2)cn1-c1ccc(Oc2ccc(Cl)cc2)cc1. The van der Waals surface area contributed by atoms with E-state index in [9.17, 15) is 5.26 Å². The van der Waals surface area contributed by atoms with Gasteiger partial charge in [0.2, 0.25) is 0 Å². The van der Waals surface area contributed by atoms with Gasteiger partial charge in [0, 0.05) is 45.8 Å². The smallest absolute Gasteiger partial charge is 0.127 e. The number of rotatable bonds is 10. The maximum atomic E-state index is 9.25. The van der Waals surface area contributed by atoms with Crippen LogP contribution in [0.4, 0.5) is 0 Å². The Morgan fingerprint density at radius 3 is 2.42 bits per heavy atom. The maximum Gasteiger partial charge on any atom is 0.127 e. The van der Waals surface area contributed by atoms with Crippen molar-refractivity contribution >= 4 is 22.5 Å². The largest absolute Gasteiger partial charge is 0.457 e. The molecule has 0 radical (unpaired) electrons. The van der Waals surface area contributed by atoms with Gasteiger partial charge in [0.15, 0.2) is 0 Å². The van der Waals surface area contributed by atoms with E-state index in [-0.39, 0.29) is 0 Å². The minimum absolute atomic E-state index is 0.322. The highest BCUT2D eigenvalue weighted by molar-refractivity contribution is 6.30. The molecular weight excluding hydrogens is 554 g/mol. The number of aryl methyl sites for hydroxylation is 1. The Labute approximate surface area is 258 Å². The summed E-state index contributed by atoms with van der Waals surface area (Å²) in [5, 5.41) is 11.1. The van der Waals surface area contributed by atoms with Crippen molar-refractivity contribution in [3.8, 4) is 23.3 Å². The predicted molar refractivity (Wildman–Crippen MR) is 174 cm³/mol. The van der Waals surface area contributed by atoms with Gasteiger partial charge >= 0.3 is 0 Å². The molecule has 2 aromatic heterocycles. The Hall–Kier alpha value is -4.05. The molecule has 0 spiro atoms. The zero-order valence-corrected chi connectivity index (χ0v) is 25.6. The third-order valence-corrected chi connectivity index (χ3v) is 8.76. The lowest BCUT2D eigenvalue weighted by Crippen LogP contribution is -2.33. The van der Waals surface area contributed by atoms with E-state index in [1.165, 1.54) is 23.1 Å². The summed E-state index contributed by atoms with van der Waals surface area (Å²) >= 11 is 6.00. The first-order valence-electron chi connectivity index (χ1n) is 15.3. The zero-order chi connectivity index (χ0) is 29.8. The summed E-state index contributed by atoms with van der Waals surface area (Å²) in [4.78, 5) is 11.1. The highest BCUT2D eigenvalue weighted by Crippen LogP contribution is 2.32. The molecule has 7 heteroatoms. The number of unbranched alkanes of at least 4 members (excludes halogenated alkanes) is 1. The van der Waals surface area contributed by atoms with Crippen molar-refractivity contribution < 1.29 is 4.74 Å². The van der Waals surface area contributed by atoms with Crippen LogP contribution in [0.1, 0.15) is 74.0 Å². The Morgan fingerprint density at radius 2 is 1.72 bits per heavy atom. The first-order valence-corrected chi connectivity index (χ1v) is 15.7. The number of aromatic nitrogens is 3. The molecule has 220 valence electrons. The lowest BCUT2D eigenvalue weighted by atomic mass is 9.94. The number of piperidine rings is 1. The molecule has 5 aromatic rings. The van der Waals surface area contributed by atoms with Gasteiger partial charge in [-0.3, -0.25) is 0 Å². The molecule has 0 aliphatic carbocycles. The van der Waals surface area contributed by atoms with Gasteiger partial charge in [-0.25, -0.2) is 4.98 Å². The van der Waals surface area contributed by atoms with Crippen molar-refractivity contribution in [3.63, 3.8) is 0 Å². The molecular formula is C36H38ClN5O. The minimum Gasteiger partial charge on any atom is -0.457 e. The molecule has 0 amide bonds. The molecule has 0 atom stereocenters. The van der Waals surface area contributed by atoms with Crippen LogP contribution in [0.15, 0.2) is 79.1 Å². The van der Waals surface area contributed by atoms with Crippen molar-refractivity contribution in [2.24, 2.45) is 0 Å². The van der Waals surface area contributed by atoms with Gasteiger partial charge < -0.3 is 19.2 Å². The van der Waals surface area contributed by atoms with Gasteiger partial charge in [0.25, 0.3) is 0 Å². The van der Waals surface area contributed by atoms with E-state index in [4.69, 9.17) is 21.3 Å². The quantitative estimate of drug-likeness (QED) is 0.165. The number of nitrogens with zero attached hydrogens (tertiary/aromatic N) is 4. The summed E-state index contributed by atoms with van der Waals surface area (Å²) in [6.45, 7) is 7.78. The molecule has 0 saturated carbocycles. The van der Waals surface area contributed by atoms with Gasteiger partial charge in [-0.15, -0.1) is 0 Å². The average Bonchev–Trinajstić information content (AvgIpc) is 3.66. The Morgan fingerprint density at radius 1 is 1.00 bits per heavy atom. The summed E-state index contributed by atoms with van der Waals surface area (Å²) in [5.74, 6) is 3.47. The molecule has 3 aromatic carbocycles. The third-order valence-electron chi connectivity index (χ3n) is 8.51. The van der Waals surface area contributed by atoms with Crippen molar-refractivity contribution in [1.82, 2.24) is 19.4 Å². The monoisotopic (exact) mass is 591 g/mol. The number of benzene rings is 3. The standard InChI is InChI=1S/C36H38ClN5O/c1-25(2)36-40-35(24-42(36)30-9-13-32(14-10-30)43-31-11-7-29(37)8-12-31)27-16-19-41(20-17-27)18-4-3-5-28-23-39-34-15-6-26(22-38)21-33(28)34/h6-15,21,23-25,27,39H,3-5,16-20H2,1-2H3. The van der Waals surface area contributed by atoms with Crippen LogP contribution in [0.2, 0.25) is 5.02 Å². The molecule has 1 aliphatic heterocycles. The van der Waals surface area contributed by atoms with Crippen LogP contribution < -0.4 is 4.74 Å². The number of hydrogen-bond acceptors (Lipinski definition) is 4. The summed E-state index contributed by atoms with van der Waals surface area (Å²) in [6, 6.07) is 23.8. The fraction of sp³-hybridized carbons (Fsp3) is 0.333. The second-order valence-corrected chi connectivity index (χ2v) is 12.3. The van der Waals surface area contributed by atoms with Crippen LogP contribution >= 0.6 is 11.6 Å². The number of fused-ring (bicyclic) bond motifs is 1. The third kappa shape index (κ3) is 6.80. The van der Waals surface area contributed by atoms with E-state index in [0.717, 1.165) is 79.4 Å². The van der Waals surface area contributed by atoms with Crippen molar-refractivity contribution in [2.45, 2.75) is 57.8 Å². The van der Waals surface area contributed by atoms with Crippen molar-refractivity contribution in [3.05, 3.63) is 107 Å². The Kier molecular flexibility index (Phi) is 8.83. The Balaban J connectivity index is 1.02. The average molecular weight is 592 g/mol. The van der Waals surface area contributed by atoms with E-state index >= 15 is 0 Å². The highest BCUT2D eigenvalue weighted by atomic mass is 35.5. The fourth-order valence-corrected chi connectivity index (χ4v) is 6.22. The van der Waals surface area contributed by atoms with Crippen LogP contribution in [-0.4, -0.2) is 39.1 Å². The van der Waals surface area contributed by atoms with Crippen LogP contribution in [0.25, 0.3) is 16.6 Å². The molecule has 3 heterocycles. The van der Waals surface area contributed by atoms with Gasteiger partial charge in [0.1, 0.15) is 17.3 Å². The van der Waals surface area contributed by atoms with Crippen molar-refractivity contribution in [2.75, 3.05) is 19.6 Å². The van der Waals surface area contributed by atoms with Gasteiger partial charge in [-0.2, -0.15) is 5.26 Å². The lowest BCUT2D eigenvalue weighted by molar-refractivity contribution is 0.207. The number of imidazole rings is 1. The number of H-pyrrole nitrogens is 1. The molecule has 43 heavy (non-hydrogen) atoms. The second kappa shape index (κ2) is 13.1. The zero-order valence-electron chi connectivity index (χ0n) is 24.9. The van der Waals surface area contributed by atoms with E-state index in [1.807, 2.05) is 54.6 Å². The molecule has 6 rings (SSSR count). The van der Waals surface area contributed by atoms with E-state index < -0.39 is 0 Å². The van der Waals surface area contributed by atoms with Crippen LogP contribution in [-0.2, 0) is 6.42 Å². The minimum atomic E-state index is 0.322. The highest BCUT2D eigenvalue weighted by Gasteiger charge is 2.24. The number of hydrogen-bond donors (Lipinski definition) is 1. The van der Waals surface area contributed by atoms with Crippen LogP contribution in [0, 0.1) is 11.3 Å². The number of likely N-dealkylation sites (tertiary alicyclic amines) is 1. The maximum absolute atomic E-state index is 9.25. The number of nitrogens with one attached hydrogen (secondary N) is 1. The normalized spacial score (nSPS) is 14.4. The molecule has 1 saturated heterocycles. The Bertz CT molecular complexity index is 1700. The number of halogens is 1. The first kappa shape index (κ1) is 29.0. The number of aromatic amines is 1. The summed E-state index contributed by atoms with van der Waals surface area (Å²) in [5.41, 5.74) is 5.45.